The lowest BCUT2D eigenvalue weighted by molar-refractivity contribution is -0.384. The van der Waals surface area contributed by atoms with Crippen LogP contribution in [0, 0.1) is 10.1 Å². The number of nitro benzene ring substituents is 1. The summed E-state index contributed by atoms with van der Waals surface area (Å²) in [5.41, 5.74) is 3.24. The maximum atomic E-state index is 13.3. The van der Waals surface area contributed by atoms with E-state index in [2.05, 4.69) is 20.5 Å². The molecule has 4 rings (SSSR count). The zero-order valence-electron chi connectivity index (χ0n) is 23.7. The SMILES string of the molecule is COC(=O)C1=C(C)NC(C)=C(C(=O)OCCCCCCOc2cc(-c3ccccn3)[nH]n2)C1c1cccc([N+](=O)[O-])c1. The molecule has 0 radical (unpaired) electrons. The van der Waals surface area contributed by atoms with Gasteiger partial charge in [0.15, 0.2) is 0 Å². The topological polar surface area (TPSA) is 159 Å². The molecule has 1 unspecified atom stereocenters. The van der Waals surface area contributed by atoms with Crippen LogP contribution in [-0.2, 0) is 19.1 Å². The number of hydrogen-bond acceptors (Lipinski definition) is 10. The van der Waals surface area contributed by atoms with Crippen molar-refractivity contribution in [3.8, 4) is 17.3 Å². The van der Waals surface area contributed by atoms with Crippen molar-refractivity contribution in [3.63, 3.8) is 0 Å². The van der Waals surface area contributed by atoms with E-state index in [1.807, 2.05) is 24.3 Å². The highest BCUT2D eigenvalue weighted by Crippen LogP contribution is 2.40. The molecule has 0 aliphatic carbocycles. The molecule has 1 atom stereocenters. The monoisotopic (exact) mass is 575 g/mol. The Bertz CT molecular complexity index is 1500. The second-order valence-electron chi connectivity index (χ2n) is 9.71. The molecular weight excluding hydrogens is 542 g/mol. The summed E-state index contributed by atoms with van der Waals surface area (Å²) in [6, 6.07) is 13.3. The zero-order chi connectivity index (χ0) is 30.1. The Balaban J connectivity index is 1.29. The number of unbranched alkanes of at least 4 members (excludes halogenated alkanes) is 3. The highest BCUT2D eigenvalue weighted by Gasteiger charge is 2.38. The number of carbonyl (C=O) groups is 2. The fourth-order valence-electron chi connectivity index (χ4n) is 4.80. The summed E-state index contributed by atoms with van der Waals surface area (Å²) in [4.78, 5) is 41.2. The molecule has 0 bridgehead atoms. The number of ether oxygens (including phenoxy) is 3. The van der Waals surface area contributed by atoms with Crippen LogP contribution in [0.4, 0.5) is 5.69 Å². The quantitative estimate of drug-likeness (QED) is 0.123. The van der Waals surface area contributed by atoms with Crippen LogP contribution in [0.1, 0.15) is 51.0 Å². The Morgan fingerprint density at radius 2 is 1.69 bits per heavy atom. The van der Waals surface area contributed by atoms with Gasteiger partial charge >= 0.3 is 11.9 Å². The van der Waals surface area contributed by atoms with E-state index in [1.54, 1.807) is 26.1 Å². The Morgan fingerprint density at radius 1 is 0.952 bits per heavy atom. The third kappa shape index (κ3) is 7.19. The second kappa shape index (κ2) is 14.1. The van der Waals surface area contributed by atoms with E-state index in [0.29, 0.717) is 35.9 Å². The van der Waals surface area contributed by atoms with Crippen LogP contribution in [0.2, 0.25) is 0 Å². The number of pyridine rings is 1. The molecule has 2 aromatic heterocycles. The molecule has 12 nitrogen and oxygen atoms in total. The minimum atomic E-state index is -0.886. The Morgan fingerprint density at radius 3 is 2.38 bits per heavy atom. The molecule has 0 fully saturated rings. The first-order chi connectivity index (χ1) is 20.3. The van der Waals surface area contributed by atoms with Crippen molar-refractivity contribution in [2.45, 2.75) is 45.4 Å². The maximum absolute atomic E-state index is 13.3. The van der Waals surface area contributed by atoms with Crippen molar-refractivity contribution in [3.05, 3.63) is 92.9 Å². The summed E-state index contributed by atoms with van der Waals surface area (Å²) >= 11 is 0. The zero-order valence-corrected chi connectivity index (χ0v) is 23.7. The molecule has 0 saturated heterocycles. The van der Waals surface area contributed by atoms with E-state index in [4.69, 9.17) is 14.2 Å². The van der Waals surface area contributed by atoms with Crippen LogP contribution < -0.4 is 10.1 Å². The Labute approximate surface area is 242 Å². The number of aromatic nitrogens is 3. The number of dihydropyridines is 1. The van der Waals surface area contributed by atoms with Gasteiger partial charge in [-0.15, -0.1) is 5.10 Å². The van der Waals surface area contributed by atoms with Gasteiger partial charge in [-0.25, -0.2) is 9.59 Å². The van der Waals surface area contributed by atoms with Crippen molar-refractivity contribution in [2.24, 2.45) is 0 Å². The molecule has 1 aliphatic heterocycles. The summed E-state index contributed by atoms with van der Waals surface area (Å²) < 4.78 is 16.3. The number of nitrogens with zero attached hydrogens (tertiary/aromatic N) is 3. The number of nitrogens with one attached hydrogen (secondary N) is 2. The molecule has 1 aromatic carbocycles. The first-order valence-electron chi connectivity index (χ1n) is 13.6. The molecule has 0 spiro atoms. The normalized spacial score (nSPS) is 14.8. The maximum Gasteiger partial charge on any atom is 0.336 e. The number of H-pyrrole nitrogens is 1. The molecule has 3 heterocycles. The van der Waals surface area contributed by atoms with Crippen LogP contribution in [0.5, 0.6) is 5.88 Å². The summed E-state index contributed by atoms with van der Waals surface area (Å²) in [5, 5.41) is 21.6. The number of rotatable bonds is 13. The van der Waals surface area contributed by atoms with Crippen molar-refractivity contribution in [1.29, 1.82) is 0 Å². The van der Waals surface area contributed by atoms with Gasteiger partial charge in [-0.3, -0.25) is 20.2 Å². The fourth-order valence-corrected chi connectivity index (χ4v) is 4.80. The molecule has 220 valence electrons. The minimum Gasteiger partial charge on any atom is -0.477 e. The molecule has 3 aromatic rings. The third-order valence-corrected chi connectivity index (χ3v) is 6.82. The highest BCUT2D eigenvalue weighted by molar-refractivity contribution is 5.99. The highest BCUT2D eigenvalue weighted by atomic mass is 16.6. The molecule has 12 heteroatoms. The van der Waals surface area contributed by atoms with E-state index in [9.17, 15) is 19.7 Å². The van der Waals surface area contributed by atoms with Gasteiger partial charge < -0.3 is 19.5 Å². The van der Waals surface area contributed by atoms with E-state index < -0.39 is 22.8 Å². The Kier molecular flexibility index (Phi) is 10.0. The van der Waals surface area contributed by atoms with Crippen LogP contribution in [0.25, 0.3) is 11.4 Å². The number of aromatic amines is 1. The molecule has 2 N–H and O–H groups in total. The lowest BCUT2D eigenvalue weighted by atomic mass is 9.80. The van der Waals surface area contributed by atoms with Crippen LogP contribution >= 0.6 is 0 Å². The molecule has 1 aliphatic rings. The van der Waals surface area contributed by atoms with Gasteiger partial charge in [0, 0.05) is 35.8 Å². The summed E-state index contributed by atoms with van der Waals surface area (Å²) in [6.07, 6.45) is 4.83. The minimum absolute atomic E-state index is 0.150. The first kappa shape index (κ1) is 30.0. The smallest absolute Gasteiger partial charge is 0.336 e. The second-order valence-corrected chi connectivity index (χ2v) is 9.71. The van der Waals surface area contributed by atoms with E-state index in [-0.39, 0.29) is 23.4 Å². The number of benzene rings is 1. The van der Waals surface area contributed by atoms with Gasteiger partial charge in [-0.1, -0.05) is 18.2 Å². The average molecular weight is 576 g/mol. The summed E-state index contributed by atoms with van der Waals surface area (Å²) in [6.45, 7) is 4.08. The predicted octanol–water partition coefficient (Wildman–Crippen LogP) is 4.97. The lowest BCUT2D eigenvalue weighted by Crippen LogP contribution is -2.32. The van der Waals surface area contributed by atoms with Gasteiger partial charge in [0.2, 0.25) is 5.88 Å². The first-order valence-corrected chi connectivity index (χ1v) is 13.6. The predicted molar refractivity (Wildman–Crippen MR) is 153 cm³/mol. The summed E-state index contributed by atoms with van der Waals surface area (Å²) in [7, 11) is 1.25. The van der Waals surface area contributed by atoms with Gasteiger partial charge in [0.05, 0.1) is 53.7 Å². The van der Waals surface area contributed by atoms with Gasteiger partial charge in [-0.05, 0) is 57.2 Å². The molecule has 0 amide bonds. The van der Waals surface area contributed by atoms with E-state index >= 15 is 0 Å². The number of carbonyl (C=O) groups excluding carboxylic acids is 2. The average Bonchev–Trinajstić information content (AvgIpc) is 3.47. The molecule has 0 saturated carbocycles. The molecular formula is C30H33N5O7. The largest absolute Gasteiger partial charge is 0.477 e. The van der Waals surface area contributed by atoms with Crippen molar-refractivity contribution < 1.29 is 28.7 Å². The summed E-state index contributed by atoms with van der Waals surface area (Å²) in [5.74, 6) is -1.62. The van der Waals surface area contributed by atoms with Crippen molar-refractivity contribution in [2.75, 3.05) is 20.3 Å². The lowest BCUT2D eigenvalue weighted by Gasteiger charge is -2.30. The van der Waals surface area contributed by atoms with Gasteiger partial charge in [0.25, 0.3) is 5.69 Å². The number of allylic oxidation sites excluding steroid dienone is 2. The Hall–Kier alpha value is -5.00. The van der Waals surface area contributed by atoms with Gasteiger partial charge in [-0.2, -0.15) is 0 Å². The number of non-ortho nitro benzene ring substituents is 1. The number of nitro groups is 1. The van der Waals surface area contributed by atoms with Gasteiger partial charge in [0.1, 0.15) is 0 Å². The van der Waals surface area contributed by atoms with Crippen molar-refractivity contribution in [1.82, 2.24) is 20.5 Å². The van der Waals surface area contributed by atoms with Crippen LogP contribution in [0.3, 0.4) is 0 Å². The van der Waals surface area contributed by atoms with Crippen LogP contribution in [-0.4, -0.2) is 52.4 Å². The van der Waals surface area contributed by atoms with E-state index in [1.165, 1.54) is 25.3 Å². The number of esters is 2. The van der Waals surface area contributed by atoms with Crippen LogP contribution in [0.15, 0.2) is 77.3 Å². The van der Waals surface area contributed by atoms with Crippen molar-refractivity contribution >= 4 is 17.6 Å². The number of hydrogen-bond donors (Lipinski definition) is 2. The standard InChI is InChI=1S/C30H33N5O7/c1-19-26(29(36)40-3)28(21-11-10-12-22(17-21)35(38)39)27(20(2)32-19)30(37)42-16-9-5-4-8-15-41-25-18-24(33-34-25)23-13-6-7-14-31-23/h6-7,10-14,17-18,28,32H,4-5,8-9,15-16H2,1-3H3,(H,33,34). The number of methoxy groups -OCH3 is 1. The fraction of sp³-hybridized carbons (Fsp3) is 0.333. The molecule has 42 heavy (non-hydrogen) atoms. The third-order valence-electron chi connectivity index (χ3n) is 6.82. The van der Waals surface area contributed by atoms with E-state index in [0.717, 1.165) is 30.7 Å².